The normalized spacial score (nSPS) is 11.8. The molecule has 0 bridgehead atoms. The average molecular weight is 401 g/mol. The molecule has 3 rings (SSSR count). The lowest BCUT2D eigenvalue weighted by molar-refractivity contribution is 0.336. The Hall–Kier alpha value is -2.71. The second-order valence-corrected chi connectivity index (χ2v) is 8.67. The van der Waals surface area contributed by atoms with Crippen molar-refractivity contribution in [1.29, 1.82) is 0 Å². The maximum atomic E-state index is 13.0. The Kier molecular flexibility index (Phi) is 5.53. The van der Waals surface area contributed by atoms with Gasteiger partial charge in [-0.3, -0.25) is 0 Å². The molecule has 1 aromatic heterocycles. The fourth-order valence-electron chi connectivity index (χ4n) is 2.85. The largest absolute Gasteiger partial charge is 0.496 e. The highest BCUT2D eigenvalue weighted by Gasteiger charge is 2.26. The quantitative estimate of drug-likeness (QED) is 0.628. The van der Waals surface area contributed by atoms with Crippen LogP contribution in [-0.2, 0) is 16.6 Å². The van der Waals surface area contributed by atoms with Crippen molar-refractivity contribution in [1.82, 2.24) is 14.4 Å². The van der Waals surface area contributed by atoms with Crippen molar-refractivity contribution in [3.63, 3.8) is 0 Å². The molecule has 0 aliphatic carbocycles. The topological polar surface area (TPSA) is 85.5 Å². The monoisotopic (exact) mass is 401 g/mol. The maximum absolute atomic E-state index is 13.0. The van der Waals surface area contributed by atoms with E-state index < -0.39 is 10.0 Å². The maximum Gasteiger partial charge on any atom is 0.243 e. The van der Waals surface area contributed by atoms with Crippen molar-refractivity contribution in [2.75, 3.05) is 14.2 Å². The third kappa shape index (κ3) is 3.79. The number of aromatic nitrogens is 2. The Labute approximate surface area is 165 Å². The van der Waals surface area contributed by atoms with Gasteiger partial charge in [0.2, 0.25) is 21.7 Å². The summed E-state index contributed by atoms with van der Waals surface area (Å²) in [6, 6.07) is 10.9. The van der Waals surface area contributed by atoms with Gasteiger partial charge in [-0.15, -0.1) is 0 Å². The van der Waals surface area contributed by atoms with Crippen molar-refractivity contribution in [3.05, 3.63) is 59.0 Å². The van der Waals surface area contributed by atoms with Crippen molar-refractivity contribution < 1.29 is 17.7 Å². The summed E-state index contributed by atoms with van der Waals surface area (Å²) in [5, 5.41) is 3.95. The number of rotatable bonds is 6. The van der Waals surface area contributed by atoms with E-state index >= 15 is 0 Å². The smallest absolute Gasteiger partial charge is 0.243 e. The summed E-state index contributed by atoms with van der Waals surface area (Å²) in [4.78, 5) is 4.55. The molecule has 0 aliphatic rings. The molecule has 0 saturated heterocycles. The molecule has 28 heavy (non-hydrogen) atoms. The lowest BCUT2D eigenvalue weighted by Crippen LogP contribution is -2.27. The van der Waals surface area contributed by atoms with E-state index in [1.807, 2.05) is 38.1 Å². The molecule has 148 valence electrons. The van der Waals surface area contributed by atoms with Crippen LogP contribution in [0, 0.1) is 20.8 Å². The minimum atomic E-state index is -3.73. The van der Waals surface area contributed by atoms with Crippen molar-refractivity contribution in [2.24, 2.45) is 0 Å². The molecule has 0 radical (unpaired) electrons. The summed E-state index contributed by atoms with van der Waals surface area (Å²) < 4.78 is 37.8. The van der Waals surface area contributed by atoms with E-state index in [0.29, 0.717) is 17.1 Å². The summed E-state index contributed by atoms with van der Waals surface area (Å²) in [6.45, 7) is 5.57. The number of sulfonamides is 1. The second kappa shape index (κ2) is 7.73. The predicted molar refractivity (Wildman–Crippen MR) is 106 cm³/mol. The third-order valence-corrected chi connectivity index (χ3v) is 6.68. The second-order valence-electron chi connectivity index (χ2n) is 6.65. The number of benzene rings is 2. The van der Waals surface area contributed by atoms with Crippen LogP contribution in [-0.4, -0.2) is 37.0 Å². The van der Waals surface area contributed by atoms with Crippen LogP contribution in [0.5, 0.6) is 5.75 Å². The molecule has 1 heterocycles. The van der Waals surface area contributed by atoms with Crippen molar-refractivity contribution >= 4 is 10.0 Å². The number of hydrogen-bond acceptors (Lipinski definition) is 6. The summed E-state index contributed by atoms with van der Waals surface area (Å²) in [6.07, 6.45) is 0. The zero-order valence-electron chi connectivity index (χ0n) is 16.6. The summed E-state index contributed by atoms with van der Waals surface area (Å²) in [5.74, 6) is 1.31. The van der Waals surface area contributed by atoms with Crippen LogP contribution >= 0.6 is 0 Å². The third-order valence-electron chi connectivity index (χ3n) is 4.73. The Morgan fingerprint density at radius 3 is 2.36 bits per heavy atom. The molecular weight excluding hydrogens is 378 g/mol. The van der Waals surface area contributed by atoms with Crippen LogP contribution in [0.1, 0.15) is 22.6 Å². The molecule has 0 unspecified atom stereocenters. The molecule has 0 aliphatic heterocycles. The summed E-state index contributed by atoms with van der Waals surface area (Å²) in [7, 11) is -0.677. The van der Waals surface area contributed by atoms with Crippen molar-refractivity contribution in [3.8, 4) is 17.1 Å². The van der Waals surface area contributed by atoms with Crippen LogP contribution < -0.4 is 4.74 Å². The van der Waals surface area contributed by atoms with Crippen molar-refractivity contribution in [2.45, 2.75) is 32.2 Å². The number of methoxy groups -OCH3 is 1. The fraction of sp³-hybridized carbons (Fsp3) is 0.300. The van der Waals surface area contributed by atoms with Gasteiger partial charge in [0, 0.05) is 12.6 Å². The van der Waals surface area contributed by atoms with E-state index in [4.69, 9.17) is 9.26 Å². The molecule has 0 fully saturated rings. The van der Waals surface area contributed by atoms with Gasteiger partial charge in [-0.1, -0.05) is 35.0 Å². The molecule has 8 heteroatoms. The first-order valence-electron chi connectivity index (χ1n) is 8.74. The van der Waals surface area contributed by atoms with Gasteiger partial charge in [0.1, 0.15) is 5.75 Å². The van der Waals surface area contributed by atoms with E-state index in [-0.39, 0.29) is 17.3 Å². The molecule has 7 nitrogen and oxygen atoms in total. The highest BCUT2D eigenvalue weighted by molar-refractivity contribution is 7.89. The number of nitrogens with zero attached hydrogens (tertiary/aromatic N) is 3. The SMILES string of the molecule is COc1ccc(S(=O)(=O)N(C)Cc2nc(-c3ccc(C)cc3)no2)c(C)c1C. The average Bonchev–Trinajstić information content (AvgIpc) is 3.12. The summed E-state index contributed by atoms with van der Waals surface area (Å²) >= 11 is 0. The van der Waals surface area contributed by atoms with Gasteiger partial charge in [0.25, 0.3) is 0 Å². The van der Waals surface area contributed by atoms with Crippen LogP contribution in [0.15, 0.2) is 45.8 Å². The fourth-order valence-corrected chi connectivity index (χ4v) is 4.25. The van der Waals surface area contributed by atoms with Crippen LogP contribution in [0.3, 0.4) is 0 Å². The number of aryl methyl sites for hydroxylation is 1. The predicted octanol–water partition coefficient (Wildman–Crippen LogP) is 3.49. The zero-order chi connectivity index (χ0) is 20.5. The molecule has 0 spiro atoms. The minimum absolute atomic E-state index is 0.0221. The Balaban J connectivity index is 1.84. The highest BCUT2D eigenvalue weighted by atomic mass is 32.2. The molecule has 0 saturated carbocycles. The van der Waals surface area contributed by atoms with Gasteiger partial charge in [0.15, 0.2) is 0 Å². The molecular formula is C20H23N3O4S. The van der Waals surface area contributed by atoms with Crippen LogP contribution in [0.25, 0.3) is 11.4 Å². The first-order chi connectivity index (χ1) is 13.2. The lowest BCUT2D eigenvalue weighted by atomic mass is 10.1. The Morgan fingerprint density at radius 2 is 1.71 bits per heavy atom. The molecule has 3 aromatic rings. The first-order valence-corrected chi connectivity index (χ1v) is 10.2. The van der Waals surface area contributed by atoms with E-state index in [2.05, 4.69) is 10.1 Å². The van der Waals surface area contributed by atoms with E-state index in [1.165, 1.54) is 11.4 Å². The van der Waals surface area contributed by atoms with Crippen LogP contribution in [0.4, 0.5) is 0 Å². The van der Waals surface area contributed by atoms with Gasteiger partial charge in [0.05, 0.1) is 18.6 Å². The summed E-state index contributed by atoms with van der Waals surface area (Å²) in [5.41, 5.74) is 3.38. The molecule has 0 amide bonds. The van der Waals surface area contributed by atoms with Gasteiger partial charge < -0.3 is 9.26 Å². The van der Waals surface area contributed by atoms with Crippen LogP contribution in [0.2, 0.25) is 0 Å². The Bertz CT molecular complexity index is 1090. The highest BCUT2D eigenvalue weighted by Crippen LogP contribution is 2.29. The van der Waals surface area contributed by atoms with Gasteiger partial charge in [-0.05, 0) is 44.0 Å². The molecule has 2 aromatic carbocycles. The Morgan fingerprint density at radius 1 is 1.04 bits per heavy atom. The number of hydrogen-bond donors (Lipinski definition) is 0. The van der Waals surface area contributed by atoms with Gasteiger partial charge in [-0.2, -0.15) is 9.29 Å². The number of ether oxygens (including phenoxy) is 1. The van der Waals surface area contributed by atoms with Gasteiger partial charge in [-0.25, -0.2) is 8.42 Å². The van der Waals surface area contributed by atoms with E-state index in [0.717, 1.165) is 16.7 Å². The lowest BCUT2D eigenvalue weighted by Gasteiger charge is -2.18. The van der Waals surface area contributed by atoms with Gasteiger partial charge >= 0.3 is 0 Å². The van der Waals surface area contributed by atoms with E-state index in [1.54, 1.807) is 26.2 Å². The van der Waals surface area contributed by atoms with E-state index in [9.17, 15) is 8.42 Å². The zero-order valence-corrected chi connectivity index (χ0v) is 17.4. The first kappa shape index (κ1) is 20.0. The standard InChI is InChI=1S/C20H23N3O4S/c1-13-6-8-16(9-7-13)20-21-19(27-22-20)12-23(4)28(24,25)18-11-10-17(26-5)14(2)15(18)3/h6-11H,12H2,1-5H3. The minimum Gasteiger partial charge on any atom is -0.496 e. The molecule has 0 atom stereocenters. The molecule has 0 N–H and O–H groups in total.